The molecular weight excluding hydrogens is 344 g/mol. The second-order valence-electron chi connectivity index (χ2n) is 4.35. The van der Waals surface area contributed by atoms with Gasteiger partial charge in [-0.2, -0.15) is 0 Å². The van der Waals surface area contributed by atoms with Crippen LogP contribution in [0.4, 0.5) is 0 Å². The molecule has 0 saturated heterocycles. The van der Waals surface area contributed by atoms with E-state index in [-0.39, 0.29) is 6.54 Å². The lowest BCUT2D eigenvalue weighted by Gasteiger charge is -2.26. The van der Waals surface area contributed by atoms with E-state index in [9.17, 15) is 4.79 Å². The maximum absolute atomic E-state index is 10.8. The number of rotatable bonds is 3. The molecule has 8 heteroatoms. The average Bonchev–Trinajstić information content (AvgIpc) is 2.81. The Morgan fingerprint density at radius 1 is 1.40 bits per heavy atom. The molecule has 1 aromatic heterocycles. The first-order valence-electron chi connectivity index (χ1n) is 5.90. The van der Waals surface area contributed by atoms with Gasteiger partial charge in [0.1, 0.15) is 0 Å². The number of hydrogen-bond acceptors (Lipinski definition) is 5. The Balaban J connectivity index is 1.95. The summed E-state index contributed by atoms with van der Waals surface area (Å²) in [7, 11) is 0. The van der Waals surface area contributed by atoms with Crippen molar-refractivity contribution in [2.45, 2.75) is 11.8 Å². The number of halogens is 1. The van der Waals surface area contributed by atoms with Crippen LogP contribution >= 0.6 is 27.7 Å². The monoisotopic (exact) mass is 354 g/mol. The fourth-order valence-electron chi connectivity index (χ4n) is 2.04. The van der Waals surface area contributed by atoms with Crippen LogP contribution < -0.4 is 0 Å². The number of fused-ring (bicyclic) bond motifs is 1. The Morgan fingerprint density at radius 3 is 2.95 bits per heavy atom. The molecule has 0 radical (unpaired) electrons. The Hall–Kier alpha value is -1.38. The summed E-state index contributed by atoms with van der Waals surface area (Å²) in [6, 6.07) is 7.78. The maximum Gasteiger partial charge on any atom is 0.317 e. The van der Waals surface area contributed by atoms with Crippen molar-refractivity contribution in [2.75, 3.05) is 12.4 Å². The number of aromatic nitrogens is 3. The van der Waals surface area contributed by atoms with Crippen molar-refractivity contribution in [1.82, 2.24) is 19.7 Å². The molecule has 3 rings (SSSR count). The molecule has 6 nitrogen and oxygen atoms in total. The molecule has 2 heterocycles. The van der Waals surface area contributed by atoms with E-state index in [1.54, 1.807) is 0 Å². The summed E-state index contributed by atoms with van der Waals surface area (Å²) in [4.78, 5) is 12.7. The molecule has 104 valence electrons. The lowest BCUT2D eigenvalue weighted by Crippen LogP contribution is -2.34. The number of thioether (sulfide) groups is 1. The van der Waals surface area contributed by atoms with Gasteiger partial charge < -0.3 is 5.11 Å². The van der Waals surface area contributed by atoms with Crippen molar-refractivity contribution in [1.29, 1.82) is 0 Å². The zero-order chi connectivity index (χ0) is 14.1. The minimum Gasteiger partial charge on any atom is -0.480 e. The van der Waals surface area contributed by atoms with Crippen LogP contribution in [0.5, 0.6) is 0 Å². The van der Waals surface area contributed by atoms with Gasteiger partial charge >= 0.3 is 5.97 Å². The van der Waals surface area contributed by atoms with Gasteiger partial charge in [-0.05, 0) is 6.07 Å². The van der Waals surface area contributed by atoms with Gasteiger partial charge in [0.15, 0.2) is 11.0 Å². The lowest BCUT2D eigenvalue weighted by atomic mass is 10.2. The van der Waals surface area contributed by atoms with E-state index in [2.05, 4.69) is 26.1 Å². The van der Waals surface area contributed by atoms with E-state index in [1.807, 2.05) is 33.7 Å². The highest BCUT2D eigenvalue weighted by Crippen LogP contribution is 2.32. The molecule has 0 aliphatic carbocycles. The fourth-order valence-corrected chi connectivity index (χ4v) is 3.37. The summed E-state index contributed by atoms with van der Waals surface area (Å²) in [6.45, 7) is 0.498. The zero-order valence-corrected chi connectivity index (χ0v) is 12.8. The summed E-state index contributed by atoms with van der Waals surface area (Å²) < 4.78 is 2.88. The predicted molar refractivity (Wildman–Crippen MR) is 78.2 cm³/mol. The van der Waals surface area contributed by atoms with E-state index >= 15 is 0 Å². The lowest BCUT2D eigenvalue weighted by molar-refractivity contribution is -0.138. The average molecular weight is 355 g/mol. The third-order valence-corrected chi connectivity index (χ3v) is 4.65. The first-order valence-corrected chi connectivity index (χ1v) is 7.68. The SMILES string of the molecule is O=C(O)CN1CSc2nnc(-c3ccccc3Br)n2C1. The number of benzene rings is 1. The third kappa shape index (κ3) is 2.58. The van der Waals surface area contributed by atoms with Gasteiger partial charge in [-0.25, -0.2) is 0 Å². The molecule has 20 heavy (non-hydrogen) atoms. The summed E-state index contributed by atoms with van der Waals surface area (Å²) in [6.07, 6.45) is 0. The number of hydrogen-bond donors (Lipinski definition) is 1. The maximum atomic E-state index is 10.8. The van der Waals surface area contributed by atoms with Crippen LogP contribution in [0.25, 0.3) is 11.4 Å². The Labute approximate surface area is 127 Å². The van der Waals surface area contributed by atoms with Gasteiger partial charge in [-0.1, -0.05) is 45.9 Å². The molecule has 0 saturated carbocycles. The van der Waals surface area contributed by atoms with Gasteiger partial charge in [-0.15, -0.1) is 10.2 Å². The van der Waals surface area contributed by atoms with E-state index in [0.717, 1.165) is 21.0 Å². The molecule has 2 aromatic rings. The molecule has 0 fully saturated rings. The van der Waals surface area contributed by atoms with Crippen molar-refractivity contribution in [3.05, 3.63) is 28.7 Å². The van der Waals surface area contributed by atoms with Gasteiger partial charge in [0.05, 0.1) is 19.1 Å². The normalized spacial score (nSPS) is 15.1. The first-order chi connectivity index (χ1) is 9.65. The van der Waals surface area contributed by atoms with E-state index in [1.165, 1.54) is 11.8 Å². The molecule has 1 N–H and O–H groups in total. The van der Waals surface area contributed by atoms with Crippen LogP contribution in [0, 0.1) is 0 Å². The van der Waals surface area contributed by atoms with Crippen molar-refractivity contribution in [2.24, 2.45) is 0 Å². The van der Waals surface area contributed by atoms with Crippen LogP contribution in [0.3, 0.4) is 0 Å². The minimum absolute atomic E-state index is 0.0139. The highest BCUT2D eigenvalue weighted by molar-refractivity contribution is 9.10. The minimum atomic E-state index is -0.829. The van der Waals surface area contributed by atoms with Crippen LogP contribution in [0.15, 0.2) is 33.9 Å². The summed E-state index contributed by atoms with van der Waals surface area (Å²) in [5, 5.41) is 18.1. The van der Waals surface area contributed by atoms with Crippen LogP contribution in [-0.2, 0) is 11.5 Å². The first kappa shape index (κ1) is 13.6. The Bertz CT molecular complexity index is 661. The smallest absolute Gasteiger partial charge is 0.317 e. The number of carboxylic acids is 1. The summed E-state index contributed by atoms with van der Waals surface area (Å²) in [5.74, 6) is 0.528. The summed E-state index contributed by atoms with van der Waals surface area (Å²) in [5.41, 5.74) is 0.948. The van der Waals surface area contributed by atoms with Crippen molar-refractivity contribution in [3.8, 4) is 11.4 Å². The number of aliphatic carboxylic acids is 1. The molecule has 0 atom stereocenters. The van der Waals surface area contributed by atoms with Gasteiger partial charge in [0.2, 0.25) is 0 Å². The van der Waals surface area contributed by atoms with Crippen molar-refractivity contribution >= 4 is 33.7 Å². The van der Waals surface area contributed by atoms with Crippen LogP contribution in [0.2, 0.25) is 0 Å². The molecule has 1 aromatic carbocycles. The highest BCUT2D eigenvalue weighted by Gasteiger charge is 2.24. The van der Waals surface area contributed by atoms with Gasteiger partial charge in [0, 0.05) is 10.0 Å². The van der Waals surface area contributed by atoms with E-state index in [0.29, 0.717) is 12.5 Å². The number of carbonyl (C=O) groups is 1. The molecule has 1 aliphatic heterocycles. The third-order valence-electron chi connectivity index (χ3n) is 2.91. The second-order valence-corrected chi connectivity index (χ2v) is 6.12. The number of nitrogens with zero attached hydrogens (tertiary/aromatic N) is 4. The molecule has 1 aliphatic rings. The molecular formula is C12H11BrN4O2S. The summed E-state index contributed by atoms with van der Waals surface area (Å²) >= 11 is 5.00. The topological polar surface area (TPSA) is 71.2 Å². The standard InChI is InChI=1S/C12H11BrN4O2S/c13-9-4-2-1-3-8(9)11-14-15-12-17(11)6-16(7-20-12)5-10(18)19/h1-4H,5-7H2,(H,18,19). The van der Waals surface area contributed by atoms with E-state index < -0.39 is 5.97 Å². The van der Waals surface area contributed by atoms with Crippen molar-refractivity contribution < 1.29 is 9.90 Å². The molecule has 0 bridgehead atoms. The number of carboxylic acid groups (broad SMARTS) is 1. The van der Waals surface area contributed by atoms with Crippen LogP contribution in [-0.4, -0.2) is 43.2 Å². The molecule has 0 amide bonds. The zero-order valence-electron chi connectivity index (χ0n) is 10.4. The fraction of sp³-hybridized carbons (Fsp3) is 0.250. The van der Waals surface area contributed by atoms with E-state index in [4.69, 9.17) is 5.11 Å². The Morgan fingerprint density at radius 2 is 2.20 bits per heavy atom. The predicted octanol–water partition coefficient (Wildman–Crippen LogP) is 2.11. The molecule has 0 unspecified atom stereocenters. The van der Waals surface area contributed by atoms with Crippen molar-refractivity contribution in [3.63, 3.8) is 0 Å². The quantitative estimate of drug-likeness (QED) is 0.910. The highest BCUT2D eigenvalue weighted by atomic mass is 79.9. The van der Waals surface area contributed by atoms with Crippen LogP contribution in [0.1, 0.15) is 0 Å². The van der Waals surface area contributed by atoms with Gasteiger partial charge in [-0.3, -0.25) is 14.3 Å². The Kier molecular flexibility index (Phi) is 3.77. The largest absolute Gasteiger partial charge is 0.480 e. The van der Waals surface area contributed by atoms with Gasteiger partial charge in [0.25, 0.3) is 0 Å². The second kappa shape index (κ2) is 5.55. The molecule has 0 spiro atoms.